The zero-order chi connectivity index (χ0) is 20.2. The van der Waals surface area contributed by atoms with Crippen molar-refractivity contribution < 1.29 is 0 Å². The van der Waals surface area contributed by atoms with E-state index in [1.807, 2.05) is 48.5 Å². The molecule has 0 amide bonds. The van der Waals surface area contributed by atoms with Crippen LogP contribution >= 0.6 is 0 Å². The molecule has 0 aromatic heterocycles. The van der Waals surface area contributed by atoms with E-state index in [0.29, 0.717) is 0 Å². The summed E-state index contributed by atoms with van der Waals surface area (Å²) in [6, 6.07) is 41.5. The Hall–Kier alpha value is -4.11. The maximum atomic E-state index is 4.83. The summed E-state index contributed by atoms with van der Waals surface area (Å²) in [6.07, 6.45) is 0. The zero-order valence-corrected chi connectivity index (χ0v) is 16.4. The molecule has 3 nitrogen and oxygen atoms in total. The number of nitrogens with zero attached hydrogens (tertiary/aromatic N) is 2. The number of hydrogen-bond donors (Lipinski definition) is 1. The predicted molar refractivity (Wildman–Crippen MR) is 125 cm³/mol. The van der Waals surface area contributed by atoms with Gasteiger partial charge in [0, 0.05) is 16.7 Å². The monoisotopic (exact) mass is 387 g/mol. The van der Waals surface area contributed by atoms with Gasteiger partial charge in [-0.25, -0.2) is 10.5 Å². The number of hydrazone groups is 1. The fourth-order valence-electron chi connectivity index (χ4n) is 3.75. The van der Waals surface area contributed by atoms with Crippen LogP contribution in [0.3, 0.4) is 0 Å². The predicted octanol–water partition coefficient (Wildman–Crippen LogP) is 5.98. The summed E-state index contributed by atoms with van der Waals surface area (Å²) in [5.41, 5.74) is 10.7. The lowest BCUT2D eigenvalue weighted by Crippen LogP contribution is -2.38. The molecule has 0 bridgehead atoms. The average molecular weight is 387 g/mol. The highest BCUT2D eigenvalue weighted by Crippen LogP contribution is 2.36. The SMILES string of the molecule is c1ccc(C2=NNN(c3ccccc3)C(c3ccccc3)=C2c2ccccc2)cc1. The molecule has 0 unspecified atom stereocenters. The molecule has 0 fully saturated rings. The normalized spacial score (nSPS) is 13.6. The summed E-state index contributed by atoms with van der Waals surface area (Å²) in [6.45, 7) is 0. The van der Waals surface area contributed by atoms with E-state index in [2.05, 4.69) is 83.3 Å². The lowest BCUT2D eigenvalue weighted by atomic mass is 9.91. The van der Waals surface area contributed by atoms with Crippen molar-refractivity contribution in [2.24, 2.45) is 5.10 Å². The Labute approximate surface area is 176 Å². The van der Waals surface area contributed by atoms with E-state index in [4.69, 9.17) is 5.10 Å². The Morgan fingerprint density at radius 2 is 0.967 bits per heavy atom. The summed E-state index contributed by atoms with van der Waals surface area (Å²) in [4.78, 5) is 0. The van der Waals surface area contributed by atoms with Gasteiger partial charge < -0.3 is 0 Å². The summed E-state index contributed by atoms with van der Waals surface area (Å²) in [7, 11) is 0. The van der Waals surface area contributed by atoms with Gasteiger partial charge in [-0.2, -0.15) is 5.10 Å². The highest BCUT2D eigenvalue weighted by atomic mass is 15.7. The second kappa shape index (κ2) is 8.10. The Morgan fingerprint density at radius 3 is 1.53 bits per heavy atom. The van der Waals surface area contributed by atoms with Gasteiger partial charge in [0.25, 0.3) is 0 Å². The molecule has 4 aromatic carbocycles. The van der Waals surface area contributed by atoms with Gasteiger partial charge in [-0.05, 0) is 17.7 Å². The minimum absolute atomic E-state index is 0.924. The summed E-state index contributed by atoms with van der Waals surface area (Å²) in [5, 5.41) is 6.89. The number of rotatable bonds is 4. The van der Waals surface area contributed by atoms with Crippen LogP contribution < -0.4 is 10.5 Å². The third-order valence-corrected chi connectivity index (χ3v) is 5.13. The van der Waals surface area contributed by atoms with E-state index in [9.17, 15) is 0 Å². The number of allylic oxidation sites excluding steroid dienone is 1. The molecule has 0 radical (unpaired) electrons. The molecule has 1 heterocycles. The lowest BCUT2D eigenvalue weighted by Gasteiger charge is -2.33. The van der Waals surface area contributed by atoms with Crippen molar-refractivity contribution in [3.8, 4) is 0 Å². The molecule has 4 aromatic rings. The first-order valence-electron chi connectivity index (χ1n) is 10.0. The van der Waals surface area contributed by atoms with Crippen molar-refractivity contribution in [3.05, 3.63) is 138 Å². The number of para-hydroxylation sites is 1. The Bertz CT molecular complexity index is 1180. The fraction of sp³-hybridized carbons (Fsp3) is 0. The minimum Gasteiger partial charge on any atom is -0.239 e. The van der Waals surface area contributed by atoms with Crippen LogP contribution in [0, 0.1) is 0 Å². The maximum absolute atomic E-state index is 4.83. The van der Waals surface area contributed by atoms with Crippen LogP contribution in [0.15, 0.2) is 126 Å². The van der Waals surface area contributed by atoms with Crippen molar-refractivity contribution >= 4 is 22.7 Å². The second-order valence-electron chi connectivity index (χ2n) is 7.05. The molecule has 0 saturated carbocycles. The van der Waals surface area contributed by atoms with Crippen LogP contribution in [0.5, 0.6) is 0 Å². The minimum atomic E-state index is 0.924. The molecule has 1 aliphatic heterocycles. The average Bonchev–Trinajstić information content (AvgIpc) is 2.85. The van der Waals surface area contributed by atoms with Crippen molar-refractivity contribution in [3.63, 3.8) is 0 Å². The second-order valence-corrected chi connectivity index (χ2v) is 7.05. The van der Waals surface area contributed by atoms with E-state index in [-0.39, 0.29) is 0 Å². The van der Waals surface area contributed by atoms with Crippen molar-refractivity contribution in [1.82, 2.24) is 5.53 Å². The molecule has 3 heteroatoms. The Kier molecular flexibility index (Phi) is 4.84. The topological polar surface area (TPSA) is 27.6 Å². The fourth-order valence-corrected chi connectivity index (χ4v) is 3.75. The van der Waals surface area contributed by atoms with E-state index in [1.165, 1.54) is 0 Å². The van der Waals surface area contributed by atoms with Crippen LogP contribution in [0.25, 0.3) is 11.3 Å². The van der Waals surface area contributed by atoms with Gasteiger partial charge in [-0.1, -0.05) is 109 Å². The first-order chi connectivity index (χ1) is 14.9. The van der Waals surface area contributed by atoms with E-state index < -0.39 is 0 Å². The maximum Gasteiger partial charge on any atom is 0.102 e. The lowest BCUT2D eigenvalue weighted by molar-refractivity contribution is 0.760. The third-order valence-electron chi connectivity index (χ3n) is 5.13. The third kappa shape index (κ3) is 3.38. The van der Waals surface area contributed by atoms with Gasteiger partial charge in [0.2, 0.25) is 0 Å². The molecule has 1 aliphatic rings. The summed E-state index contributed by atoms with van der Waals surface area (Å²) < 4.78 is 0. The standard InChI is InChI=1S/C27H21N3/c1-5-13-21(14-6-1)25-26(22-15-7-2-8-16-22)28-29-30(24-19-11-4-12-20-24)27(25)23-17-9-3-10-18-23/h1-20,29H. The zero-order valence-electron chi connectivity index (χ0n) is 16.4. The van der Waals surface area contributed by atoms with Crippen LogP contribution in [0.2, 0.25) is 0 Å². The molecule has 30 heavy (non-hydrogen) atoms. The molecule has 0 atom stereocenters. The van der Waals surface area contributed by atoms with Gasteiger partial charge in [0.1, 0.15) is 5.71 Å². The molecular weight excluding hydrogens is 366 g/mol. The number of benzene rings is 4. The van der Waals surface area contributed by atoms with Crippen molar-refractivity contribution in [1.29, 1.82) is 0 Å². The van der Waals surface area contributed by atoms with Gasteiger partial charge in [0.05, 0.1) is 11.4 Å². The van der Waals surface area contributed by atoms with E-state index >= 15 is 0 Å². The van der Waals surface area contributed by atoms with Crippen LogP contribution in [-0.4, -0.2) is 5.71 Å². The van der Waals surface area contributed by atoms with Crippen molar-refractivity contribution in [2.45, 2.75) is 0 Å². The molecule has 0 spiro atoms. The number of nitrogens with one attached hydrogen (secondary N) is 1. The Balaban J connectivity index is 1.81. The largest absolute Gasteiger partial charge is 0.239 e. The quantitative estimate of drug-likeness (QED) is 0.466. The van der Waals surface area contributed by atoms with Gasteiger partial charge in [-0.3, -0.25) is 0 Å². The summed E-state index contributed by atoms with van der Waals surface area (Å²) >= 11 is 0. The smallest absolute Gasteiger partial charge is 0.102 e. The molecular formula is C27H21N3. The number of hydrazine groups is 1. The van der Waals surface area contributed by atoms with Crippen LogP contribution in [0.4, 0.5) is 5.69 Å². The first kappa shape index (κ1) is 18.0. The van der Waals surface area contributed by atoms with Crippen LogP contribution in [0.1, 0.15) is 16.7 Å². The highest BCUT2D eigenvalue weighted by molar-refractivity contribution is 6.38. The Morgan fingerprint density at radius 1 is 0.500 bits per heavy atom. The van der Waals surface area contributed by atoms with E-state index in [0.717, 1.165) is 39.4 Å². The summed E-state index contributed by atoms with van der Waals surface area (Å²) in [5.74, 6) is 0. The molecule has 0 saturated heterocycles. The number of hydrogen-bond acceptors (Lipinski definition) is 3. The molecule has 0 aliphatic carbocycles. The molecule has 144 valence electrons. The first-order valence-corrected chi connectivity index (χ1v) is 10.0. The van der Waals surface area contributed by atoms with Crippen LogP contribution in [-0.2, 0) is 0 Å². The van der Waals surface area contributed by atoms with E-state index in [1.54, 1.807) is 0 Å². The highest BCUT2D eigenvalue weighted by Gasteiger charge is 2.27. The molecule has 5 rings (SSSR count). The number of anilines is 1. The van der Waals surface area contributed by atoms with Gasteiger partial charge in [0.15, 0.2) is 0 Å². The van der Waals surface area contributed by atoms with Crippen molar-refractivity contribution in [2.75, 3.05) is 5.01 Å². The van der Waals surface area contributed by atoms with Gasteiger partial charge >= 0.3 is 0 Å². The van der Waals surface area contributed by atoms with Gasteiger partial charge in [-0.15, -0.1) is 0 Å². The molecule has 1 N–H and O–H groups in total.